The largest absolute Gasteiger partial charge is 0.365 e. The van der Waals surface area contributed by atoms with E-state index in [-0.39, 0.29) is 29.1 Å². The Hall–Kier alpha value is -3.30. The Labute approximate surface area is 231 Å². The number of amides is 1. The molecule has 0 spiro atoms. The first-order valence-electron chi connectivity index (χ1n) is 13.6. The Bertz CT molecular complexity index is 1360. The topological polar surface area (TPSA) is 64.6 Å². The Morgan fingerprint density at radius 3 is 2.56 bits per heavy atom. The minimum absolute atomic E-state index is 0.0666. The summed E-state index contributed by atoms with van der Waals surface area (Å²) in [7, 11) is 0. The zero-order chi connectivity index (χ0) is 26.9. The smallest absolute Gasteiger partial charge is 0.254 e. The van der Waals surface area contributed by atoms with Crippen LogP contribution in [-0.2, 0) is 6.54 Å². The molecule has 4 heterocycles. The van der Waals surface area contributed by atoms with Crippen LogP contribution in [0.3, 0.4) is 0 Å². The molecule has 3 aliphatic rings. The van der Waals surface area contributed by atoms with Gasteiger partial charge < -0.3 is 20.0 Å². The molecule has 0 bridgehead atoms. The summed E-state index contributed by atoms with van der Waals surface area (Å²) >= 11 is 6.08. The first kappa shape index (κ1) is 26.0. The van der Waals surface area contributed by atoms with Crippen molar-refractivity contribution < 1.29 is 13.6 Å². The van der Waals surface area contributed by atoms with E-state index in [1.54, 1.807) is 6.20 Å². The van der Waals surface area contributed by atoms with Gasteiger partial charge in [-0.15, -0.1) is 0 Å². The van der Waals surface area contributed by atoms with E-state index in [4.69, 9.17) is 16.6 Å². The average Bonchev–Trinajstić information content (AvgIpc) is 3.65. The van der Waals surface area contributed by atoms with E-state index in [9.17, 15) is 13.6 Å². The van der Waals surface area contributed by atoms with Crippen LogP contribution in [0, 0.1) is 11.6 Å². The second kappa shape index (κ2) is 11.1. The number of rotatable bonds is 6. The minimum atomic E-state index is -0.658. The van der Waals surface area contributed by atoms with Crippen molar-refractivity contribution in [2.45, 2.75) is 38.3 Å². The fraction of sp³-hybridized carbons (Fsp3) is 0.414. The van der Waals surface area contributed by atoms with Crippen LogP contribution in [0.25, 0.3) is 11.3 Å². The van der Waals surface area contributed by atoms with Crippen molar-refractivity contribution in [1.82, 2.24) is 19.8 Å². The van der Waals surface area contributed by atoms with Crippen molar-refractivity contribution in [3.8, 4) is 11.3 Å². The lowest BCUT2D eigenvalue weighted by Crippen LogP contribution is -2.42. The van der Waals surface area contributed by atoms with Gasteiger partial charge in [0.1, 0.15) is 11.6 Å². The number of hydrogen-bond acceptors (Lipinski definition) is 6. The molecule has 2 aromatic carbocycles. The molecule has 204 valence electrons. The highest BCUT2D eigenvalue weighted by Gasteiger charge is 2.31. The summed E-state index contributed by atoms with van der Waals surface area (Å²) in [6.45, 7) is 5.20. The zero-order valence-electron chi connectivity index (χ0n) is 21.7. The quantitative estimate of drug-likeness (QED) is 0.424. The van der Waals surface area contributed by atoms with Crippen molar-refractivity contribution in [1.29, 1.82) is 0 Å². The molecular weight excluding hydrogens is 522 g/mol. The summed E-state index contributed by atoms with van der Waals surface area (Å²) in [5.74, 6) is -0.0341. The van der Waals surface area contributed by atoms with E-state index in [0.717, 1.165) is 56.7 Å². The molecule has 0 unspecified atom stereocenters. The third-order valence-electron chi connectivity index (χ3n) is 7.95. The van der Waals surface area contributed by atoms with Crippen LogP contribution in [0.4, 0.5) is 20.4 Å². The maximum Gasteiger partial charge on any atom is 0.254 e. The van der Waals surface area contributed by atoms with Crippen molar-refractivity contribution in [3.05, 3.63) is 70.4 Å². The molecule has 1 N–H and O–H groups in total. The number of nitrogens with zero attached hydrogens (tertiary/aromatic N) is 5. The van der Waals surface area contributed by atoms with Gasteiger partial charge in [-0.05, 0) is 63.0 Å². The second-order valence-corrected chi connectivity index (χ2v) is 10.9. The number of fused-ring (bicyclic) bond motifs is 1. The number of nitrogens with one attached hydrogen (secondary N) is 1. The molecule has 2 saturated heterocycles. The van der Waals surface area contributed by atoms with Gasteiger partial charge in [0.15, 0.2) is 11.6 Å². The highest BCUT2D eigenvalue weighted by molar-refractivity contribution is 6.31. The molecule has 2 fully saturated rings. The molecule has 6 rings (SSSR count). The summed E-state index contributed by atoms with van der Waals surface area (Å²) in [4.78, 5) is 29.1. The number of anilines is 2. The lowest BCUT2D eigenvalue weighted by molar-refractivity contribution is 0.0709. The molecule has 3 aliphatic heterocycles. The molecule has 39 heavy (non-hydrogen) atoms. The summed E-state index contributed by atoms with van der Waals surface area (Å²) in [6.07, 6.45) is 6.27. The highest BCUT2D eigenvalue weighted by Crippen LogP contribution is 2.32. The molecule has 10 heteroatoms. The van der Waals surface area contributed by atoms with E-state index >= 15 is 0 Å². The summed E-state index contributed by atoms with van der Waals surface area (Å²) in [6, 6.07) is 9.86. The van der Waals surface area contributed by atoms with Gasteiger partial charge in [0.25, 0.3) is 5.91 Å². The molecule has 1 amide bonds. The first-order valence-corrected chi connectivity index (χ1v) is 14.0. The first-order chi connectivity index (χ1) is 19.0. The number of aromatic nitrogens is 2. The maximum atomic E-state index is 14.5. The molecule has 1 aromatic heterocycles. The SMILES string of the molecule is O=C(c1ccc(-c2cnc3c(n2)N(Cc2c(F)ccc(F)c2Cl)CCN3)cc1)N1CCC[C@@H]1CN1CCCC1. The monoisotopic (exact) mass is 552 g/mol. The Morgan fingerprint density at radius 1 is 1.00 bits per heavy atom. The maximum absolute atomic E-state index is 14.5. The minimum Gasteiger partial charge on any atom is -0.365 e. The van der Waals surface area contributed by atoms with Crippen LogP contribution in [0.5, 0.6) is 0 Å². The molecule has 0 aliphatic carbocycles. The van der Waals surface area contributed by atoms with Gasteiger partial charge in [0.2, 0.25) is 0 Å². The van der Waals surface area contributed by atoms with E-state index in [0.29, 0.717) is 36.0 Å². The average molecular weight is 553 g/mol. The number of halogens is 3. The molecule has 3 aromatic rings. The van der Waals surface area contributed by atoms with Gasteiger partial charge >= 0.3 is 0 Å². The number of carbonyl (C=O) groups excluding carboxylic acids is 1. The third-order valence-corrected chi connectivity index (χ3v) is 8.36. The van der Waals surface area contributed by atoms with Gasteiger partial charge in [-0.3, -0.25) is 4.79 Å². The fourth-order valence-corrected chi connectivity index (χ4v) is 6.06. The fourth-order valence-electron chi connectivity index (χ4n) is 5.84. The van der Waals surface area contributed by atoms with Crippen molar-refractivity contribution in [3.63, 3.8) is 0 Å². The van der Waals surface area contributed by atoms with Crippen LogP contribution in [0.15, 0.2) is 42.6 Å². The Morgan fingerprint density at radius 2 is 1.77 bits per heavy atom. The lowest BCUT2D eigenvalue weighted by atomic mass is 10.1. The van der Waals surface area contributed by atoms with Gasteiger partial charge in [-0.1, -0.05) is 23.7 Å². The molecule has 0 saturated carbocycles. The van der Waals surface area contributed by atoms with Crippen LogP contribution >= 0.6 is 11.6 Å². The summed E-state index contributed by atoms with van der Waals surface area (Å²) < 4.78 is 28.5. The van der Waals surface area contributed by atoms with Gasteiger partial charge in [-0.2, -0.15) is 0 Å². The Kier molecular flexibility index (Phi) is 7.36. The number of benzene rings is 2. The standard InChI is InChI=1S/C29H31ClF2N6O/c30-26-22(23(31)9-10-24(26)32)18-37-15-11-33-27-28(37)35-25(16-34-27)19-5-7-20(8-6-19)29(39)38-14-3-4-21(38)17-36-12-1-2-13-36/h5-10,16,21H,1-4,11-15,17-18H2,(H,33,34)/t21-/m1/s1. The van der Waals surface area contributed by atoms with Crippen LogP contribution in [-0.4, -0.2) is 71.0 Å². The summed E-state index contributed by atoms with van der Waals surface area (Å²) in [5.41, 5.74) is 2.19. The van der Waals surface area contributed by atoms with E-state index < -0.39 is 11.6 Å². The van der Waals surface area contributed by atoms with Crippen molar-refractivity contribution in [2.75, 3.05) is 49.5 Å². The second-order valence-electron chi connectivity index (χ2n) is 10.5. The predicted molar refractivity (Wildman–Crippen MR) is 148 cm³/mol. The van der Waals surface area contributed by atoms with Gasteiger partial charge in [0.05, 0.1) is 16.9 Å². The molecule has 7 nitrogen and oxygen atoms in total. The van der Waals surface area contributed by atoms with Crippen LogP contribution in [0.2, 0.25) is 5.02 Å². The van der Waals surface area contributed by atoms with E-state index in [1.807, 2.05) is 34.1 Å². The number of hydrogen-bond donors (Lipinski definition) is 1. The van der Waals surface area contributed by atoms with Crippen molar-refractivity contribution >= 4 is 29.1 Å². The third kappa shape index (κ3) is 5.30. The summed E-state index contributed by atoms with van der Waals surface area (Å²) in [5, 5.41) is 2.99. The van der Waals surface area contributed by atoms with Crippen molar-refractivity contribution in [2.24, 2.45) is 0 Å². The predicted octanol–water partition coefficient (Wildman–Crippen LogP) is 5.21. The normalized spacial score (nSPS) is 19.3. The Balaban J connectivity index is 1.20. The molecular formula is C29H31ClF2N6O. The van der Waals surface area contributed by atoms with Crippen LogP contribution < -0.4 is 10.2 Å². The number of carbonyl (C=O) groups is 1. The molecule has 0 radical (unpaired) electrons. The zero-order valence-corrected chi connectivity index (χ0v) is 22.4. The highest BCUT2D eigenvalue weighted by atomic mass is 35.5. The lowest BCUT2D eigenvalue weighted by Gasteiger charge is -2.30. The van der Waals surface area contributed by atoms with E-state index in [1.165, 1.54) is 12.8 Å². The number of likely N-dealkylation sites (tertiary alicyclic amines) is 2. The van der Waals surface area contributed by atoms with Crippen LogP contribution in [0.1, 0.15) is 41.6 Å². The van der Waals surface area contributed by atoms with Gasteiger partial charge in [0, 0.05) is 55.5 Å². The van der Waals surface area contributed by atoms with E-state index in [2.05, 4.69) is 15.2 Å². The molecule has 1 atom stereocenters. The van der Waals surface area contributed by atoms with Gasteiger partial charge in [-0.25, -0.2) is 18.7 Å².